The maximum absolute atomic E-state index is 12.5. The van der Waals surface area contributed by atoms with Crippen molar-refractivity contribution in [1.82, 2.24) is 15.1 Å². The molecule has 3 rings (SSSR count). The third-order valence-electron chi connectivity index (χ3n) is 5.65. The standard InChI is InChI=1S/C20H36N4O3.HI/c1-2-21-20(22-10-6-16-26-17-7-3-4-8-17)24-13-11-23(12-14-24)19(25)18-9-5-15-27-18;/h17-18H,2-16H2,1H3,(H,21,22);1H. The van der Waals surface area contributed by atoms with E-state index in [0.717, 1.165) is 77.7 Å². The second-order valence-corrected chi connectivity index (χ2v) is 7.68. The quantitative estimate of drug-likeness (QED) is 0.247. The van der Waals surface area contributed by atoms with Crippen LogP contribution in [0, 0.1) is 0 Å². The second-order valence-electron chi connectivity index (χ2n) is 7.68. The maximum Gasteiger partial charge on any atom is 0.251 e. The first kappa shape index (κ1) is 23.7. The first-order chi connectivity index (χ1) is 13.3. The topological polar surface area (TPSA) is 66.4 Å². The molecule has 2 saturated heterocycles. The number of ether oxygens (including phenoxy) is 2. The lowest BCUT2D eigenvalue weighted by molar-refractivity contribution is -0.142. The Morgan fingerprint density at radius 3 is 2.46 bits per heavy atom. The van der Waals surface area contributed by atoms with Crippen LogP contribution in [0.1, 0.15) is 51.9 Å². The molecule has 1 unspecified atom stereocenters. The molecule has 0 radical (unpaired) electrons. The zero-order valence-corrected chi connectivity index (χ0v) is 19.6. The summed E-state index contributed by atoms with van der Waals surface area (Å²) < 4.78 is 11.5. The monoisotopic (exact) mass is 508 g/mol. The van der Waals surface area contributed by atoms with Crippen molar-refractivity contribution in [3.8, 4) is 0 Å². The number of amides is 1. The molecule has 0 bridgehead atoms. The molecule has 28 heavy (non-hydrogen) atoms. The first-order valence-electron chi connectivity index (χ1n) is 10.8. The Balaban J connectivity index is 0.00000280. The van der Waals surface area contributed by atoms with Gasteiger partial charge in [-0.05, 0) is 39.0 Å². The molecule has 2 aliphatic heterocycles. The molecular formula is C20H37IN4O3. The Kier molecular flexibility index (Phi) is 10.9. The number of hydrogen-bond donors (Lipinski definition) is 1. The van der Waals surface area contributed by atoms with E-state index in [1.807, 2.05) is 4.90 Å². The van der Waals surface area contributed by atoms with Crippen LogP contribution < -0.4 is 5.32 Å². The molecule has 8 heteroatoms. The molecule has 0 spiro atoms. The van der Waals surface area contributed by atoms with E-state index in [2.05, 4.69) is 17.1 Å². The molecule has 0 aromatic carbocycles. The highest BCUT2D eigenvalue weighted by molar-refractivity contribution is 14.0. The fourth-order valence-corrected chi connectivity index (χ4v) is 4.10. The van der Waals surface area contributed by atoms with Gasteiger partial charge in [0.15, 0.2) is 5.96 Å². The number of piperazine rings is 1. The summed E-state index contributed by atoms with van der Waals surface area (Å²) in [5.41, 5.74) is 0. The van der Waals surface area contributed by atoms with Crippen LogP contribution in [0.2, 0.25) is 0 Å². The molecule has 162 valence electrons. The van der Waals surface area contributed by atoms with Gasteiger partial charge in [-0.1, -0.05) is 12.8 Å². The lowest BCUT2D eigenvalue weighted by Crippen LogP contribution is -2.55. The zero-order valence-electron chi connectivity index (χ0n) is 17.2. The van der Waals surface area contributed by atoms with Crippen LogP contribution in [0.5, 0.6) is 0 Å². The predicted molar refractivity (Wildman–Crippen MR) is 121 cm³/mol. The van der Waals surface area contributed by atoms with Crippen LogP contribution in [0.4, 0.5) is 0 Å². The number of nitrogens with one attached hydrogen (secondary N) is 1. The van der Waals surface area contributed by atoms with Crippen LogP contribution in [0.3, 0.4) is 0 Å². The zero-order chi connectivity index (χ0) is 18.9. The number of guanidine groups is 1. The van der Waals surface area contributed by atoms with E-state index in [1.54, 1.807) is 0 Å². The lowest BCUT2D eigenvalue weighted by Gasteiger charge is -2.37. The van der Waals surface area contributed by atoms with Crippen LogP contribution in [-0.4, -0.2) is 86.4 Å². The normalized spacial score (nSPS) is 23.8. The molecule has 3 aliphatic rings. The molecule has 1 amide bonds. The largest absolute Gasteiger partial charge is 0.378 e. The number of aliphatic imine (C=N–C) groups is 1. The van der Waals surface area contributed by atoms with Gasteiger partial charge >= 0.3 is 0 Å². The Bertz CT molecular complexity index is 486. The van der Waals surface area contributed by atoms with Gasteiger partial charge in [-0.15, -0.1) is 24.0 Å². The SMILES string of the molecule is CCNC(=NCCCOC1CCCC1)N1CCN(C(=O)C2CCCO2)CC1.I. The van der Waals surface area contributed by atoms with E-state index in [0.29, 0.717) is 6.10 Å². The molecule has 7 nitrogen and oxygen atoms in total. The number of carbonyl (C=O) groups excluding carboxylic acids is 1. The summed E-state index contributed by atoms with van der Waals surface area (Å²) in [6.07, 6.45) is 8.17. The second kappa shape index (κ2) is 12.8. The Morgan fingerprint density at radius 2 is 1.82 bits per heavy atom. The Hall–Kier alpha value is -0.610. The number of rotatable bonds is 7. The van der Waals surface area contributed by atoms with E-state index in [9.17, 15) is 4.79 Å². The molecule has 3 fully saturated rings. The van der Waals surface area contributed by atoms with E-state index < -0.39 is 0 Å². The van der Waals surface area contributed by atoms with Crippen LogP contribution in [0.15, 0.2) is 4.99 Å². The highest BCUT2D eigenvalue weighted by atomic mass is 127. The van der Waals surface area contributed by atoms with Crippen molar-refractivity contribution in [1.29, 1.82) is 0 Å². The third-order valence-corrected chi connectivity index (χ3v) is 5.65. The molecule has 2 heterocycles. The number of carbonyl (C=O) groups is 1. The first-order valence-corrected chi connectivity index (χ1v) is 10.8. The fourth-order valence-electron chi connectivity index (χ4n) is 4.10. The van der Waals surface area contributed by atoms with E-state index in [4.69, 9.17) is 14.5 Å². The van der Waals surface area contributed by atoms with E-state index in [1.165, 1.54) is 25.7 Å². The van der Waals surface area contributed by atoms with Gasteiger partial charge in [0.2, 0.25) is 0 Å². The highest BCUT2D eigenvalue weighted by Gasteiger charge is 2.30. The van der Waals surface area contributed by atoms with Gasteiger partial charge in [0.25, 0.3) is 5.91 Å². The molecule has 1 atom stereocenters. The average molecular weight is 508 g/mol. The van der Waals surface area contributed by atoms with Crippen molar-refractivity contribution >= 4 is 35.8 Å². The minimum absolute atomic E-state index is 0. The highest BCUT2D eigenvalue weighted by Crippen LogP contribution is 2.21. The summed E-state index contributed by atoms with van der Waals surface area (Å²) in [6.45, 7) is 8.38. The molecule has 1 saturated carbocycles. The molecule has 0 aromatic rings. The van der Waals surface area contributed by atoms with Crippen LogP contribution in [0.25, 0.3) is 0 Å². The molecule has 1 aliphatic carbocycles. The lowest BCUT2D eigenvalue weighted by atomic mass is 10.2. The summed E-state index contributed by atoms with van der Waals surface area (Å²) in [4.78, 5) is 21.5. The van der Waals surface area contributed by atoms with Crippen LogP contribution >= 0.6 is 24.0 Å². The van der Waals surface area contributed by atoms with Crippen molar-refractivity contribution < 1.29 is 14.3 Å². The number of halogens is 1. The number of hydrogen-bond acceptors (Lipinski definition) is 4. The van der Waals surface area contributed by atoms with Gasteiger partial charge in [0, 0.05) is 52.5 Å². The van der Waals surface area contributed by atoms with Crippen molar-refractivity contribution in [2.24, 2.45) is 4.99 Å². The van der Waals surface area contributed by atoms with Crippen molar-refractivity contribution in [2.75, 3.05) is 52.5 Å². The Labute approximate surface area is 186 Å². The smallest absolute Gasteiger partial charge is 0.251 e. The van der Waals surface area contributed by atoms with E-state index >= 15 is 0 Å². The Morgan fingerprint density at radius 1 is 1.11 bits per heavy atom. The van der Waals surface area contributed by atoms with Gasteiger partial charge in [-0.2, -0.15) is 0 Å². The van der Waals surface area contributed by atoms with Crippen LogP contribution in [-0.2, 0) is 14.3 Å². The summed E-state index contributed by atoms with van der Waals surface area (Å²) >= 11 is 0. The summed E-state index contributed by atoms with van der Waals surface area (Å²) in [5, 5.41) is 3.39. The molecule has 1 N–H and O–H groups in total. The van der Waals surface area contributed by atoms with Gasteiger partial charge in [-0.3, -0.25) is 9.79 Å². The maximum atomic E-state index is 12.5. The van der Waals surface area contributed by atoms with Crippen molar-refractivity contribution in [3.63, 3.8) is 0 Å². The minimum atomic E-state index is -0.210. The number of nitrogens with zero attached hydrogens (tertiary/aromatic N) is 3. The van der Waals surface area contributed by atoms with Gasteiger partial charge < -0.3 is 24.6 Å². The predicted octanol–water partition coefficient (Wildman–Crippen LogP) is 2.24. The summed E-state index contributed by atoms with van der Waals surface area (Å²) in [7, 11) is 0. The van der Waals surface area contributed by atoms with Gasteiger partial charge in [-0.25, -0.2) is 0 Å². The van der Waals surface area contributed by atoms with E-state index in [-0.39, 0.29) is 36.0 Å². The average Bonchev–Trinajstić information content (AvgIpc) is 3.40. The van der Waals surface area contributed by atoms with Gasteiger partial charge in [0.1, 0.15) is 6.10 Å². The molecule has 0 aromatic heterocycles. The summed E-state index contributed by atoms with van der Waals surface area (Å²) in [6, 6.07) is 0. The third kappa shape index (κ3) is 7.02. The summed E-state index contributed by atoms with van der Waals surface area (Å²) in [5.74, 6) is 1.13. The van der Waals surface area contributed by atoms with Crippen molar-refractivity contribution in [2.45, 2.75) is 64.1 Å². The molecular weight excluding hydrogens is 471 g/mol. The van der Waals surface area contributed by atoms with Crippen molar-refractivity contribution in [3.05, 3.63) is 0 Å². The fraction of sp³-hybridized carbons (Fsp3) is 0.900. The van der Waals surface area contributed by atoms with Gasteiger partial charge in [0.05, 0.1) is 6.10 Å². The minimum Gasteiger partial charge on any atom is -0.378 e.